The quantitative estimate of drug-likeness (QED) is 0.216. The van der Waals surface area contributed by atoms with E-state index in [9.17, 15) is 24.0 Å². The molecule has 0 aromatic rings. The minimum absolute atomic E-state index is 0.284. The number of hydrogen-bond donors (Lipinski definition) is 5. The smallest absolute Gasteiger partial charge is 0.326 e. The number of nitrogens with zero attached hydrogens (tertiary/aromatic N) is 2. The van der Waals surface area contributed by atoms with Crippen LogP contribution in [0.3, 0.4) is 0 Å². The Morgan fingerprint density at radius 1 is 0.938 bits per heavy atom. The molecule has 32 heavy (non-hydrogen) atoms. The summed E-state index contributed by atoms with van der Waals surface area (Å²) in [4.78, 5) is 63.2. The van der Waals surface area contributed by atoms with Gasteiger partial charge in [0, 0.05) is 13.1 Å². The Bertz CT molecular complexity index is 717. The fourth-order valence-corrected chi connectivity index (χ4v) is 4.09. The summed E-state index contributed by atoms with van der Waals surface area (Å²) in [5, 5.41) is 14.0. The van der Waals surface area contributed by atoms with Gasteiger partial charge in [0.2, 0.25) is 23.6 Å². The van der Waals surface area contributed by atoms with Gasteiger partial charge in [-0.25, -0.2) is 4.79 Å². The molecular formula is C20H34N6O6. The average Bonchev–Trinajstić information content (AvgIpc) is 3.45. The van der Waals surface area contributed by atoms with E-state index in [1.165, 1.54) is 9.80 Å². The normalized spacial score (nSPS) is 21.3. The van der Waals surface area contributed by atoms with Gasteiger partial charge in [-0.15, -0.1) is 0 Å². The number of amides is 4. The van der Waals surface area contributed by atoms with Crippen LogP contribution in [0.2, 0.25) is 0 Å². The third-order valence-corrected chi connectivity index (χ3v) is 5.84. The zero-order valence-electron chi connectivity index (χ0n) is 18.3. The molecule has 0 radical (unpaired) electrons. The van der Waals surface area contributed by atoms with Crippen molar-refractivity contribution in [2.24, 2.45) is 11.5 Å². The zero-order chi connectivity index (χ0) is 23.7. The Balaban J connectivity index is 1.76. The van der Waals surface area contributed by atoms with E-state index in [2.05, 4.69) is 10.6 Å². The molecule has 180 valence electrons. The minimum atomic E-state index is -1.07. The molecule has 2 aliphatic rings. The molecule has 0 aliphatic carbocycles. The molecule has 2 saturated heterocycles. The number of carboxylic acids is 1. The van der Waals surface area contributed by atoms with Crippen LogP contribution in [-0.4, -0.2) is 95.4 Å². The molecule has 2 rings (SSSR count). The lowest BCUT2D eigenvalue weighted by atomic mass is 10.1. The van der Waals surface area contributed by atoms with Gasteiger partial charge in [-0.3, -0.25) is 19.2 Å². The Morgan fingerprint density at radius 3 is 2.25 bits per heavy atom. The summed E-state index contributed by atoms with van der Waals surface area (Å²) in [7, 11) is 0. The number of nitrogens with two attached hydrogens (primary N) is 2. The standard InChI is InChI=1S/C20H34N6O6/c21-8-2-1-5-13(22)19(30)26-10-3-6-14(26)18(29)24-11-16(27)23-12-17(28)25-9-4-7-15(25)20(31)32/h13-15H,1-12,21-22H2,(H,23,27)(H,24,29)(H,31,32). The van der Waals surface area contributed by atoms with Crippen molar-refractivity contribution in [3.8, 4) is 0 Å². The monoisotopic (exact) mass is 454 g/mol. The molecule has 0 aromatic carbocycles. The molecule has 2 fully saturated rings. The molecule has 0 bridgehead atoms. The zero-order valence-corrected chi connectivity index (χ0v) is 18.3. The lowest BCUT2D eigenvalue weighted by Gasteiger charge is -2.26. The van der Waals surface area contributed by atoms with Gasteiger partial charge in [-0.2, -0.15) is 0 Å². The van der Waals surface area contributed by atoms with E-state index in [4.69, 9.17) is 16.6 Å². The maximum Gasteiger partial charge on any atom is 0.326 e. The fraction of sp³-hybridized carbons (Fsp3) is 0.750. The Kier molecular flexibility index (Phi) is 9.85. The summed E-state index contributed by atoms with van der Waals surface area (Å²) in [5.74, 6) is -2.85. The lowest BCUT2D eigenvalue weighted by molar-refractivity contribution is -0.148. The van der Waals surface area contributed by atoms with Gasteiger partial charge in [0.1, 0.15) is 12.1 Å². The maximum atomic E-state index is 12.6. The van der Waals surface area contributed by atoms with Crippen LogP contribution in [0.1, 0.15) is 44.9 Å². The molecule has 4 amide bonds. The third kappa shape index (κ3) is 6.89. The minimum Gasteiger partial charge on any atom is -0.480 e. The van der Waals surface area contributed by atoms with Crippen LogP contribution in [0.15, 0.2) is 0 Å². The van der Waals surface area contributed by atoms with Gasteiger partial charge < -0.3 is 37.0 Å². The number of hydrogen-bond acceptors (Lipinski definition) is 7. The number of aliphatic carboxylic acids is 1. The number of nitrogens with one attached hydrogen (secondary N) is 2. The van der Waals surface area contributed by atoms with Crippen LogP contribution in [0.5, 0.6) is 0 Å². The summed E-state index contributed by atoms with van der Waals surface area (Å²) >= 11 is 0. The molecule has 0 aromatic heterocycles. The van der Waals surface area contributed by atoms with Gasteiger partial charge in [-0.1, -0.05) is 6.42 Å². The highest BCUT2D eigenvalue weighted by atomic mass is 16.4. The van der Waals surface area contributed by atoms with Crippen molar-refractivity contribution in [2.45, 2.75) is 63.1 Å². The fourth-order valence-electron chi connectivity index (χ4n) is 4.09. The molecule has 12 nitrogen and oxygen atoms in total. The highest BCUT2D eigenvalue weighted by Crippen LogP contribution is 2.19. The van der Waals surface area contributed by atoms with Crippen LogP contribution in [-0.2, 0) is 24.0 Å². The first kappa shape index (κ1) is 25.5. The van der Waals surface area contributed by atoms with Crippen LogP contribution in [0.25, 0.3) is 0 Å². The van der Waals surface area contributed by atoms with Crippen molar-refractivity contribution < 1.29 is 29.1 Å². The van der Waals surface area contributed by atoms with Gasteiger partial charge in [-0.05, 0) is 45.1 Å². The third-order valence-electron chi connectivity index (χ3n) is 5.84. The first-order valence-corrected chi connectivity index (χ1v) is 11.1. The summed E-state index contributed by atoms with van der Waals surface area (Å²) < 4.78 is 0. The van der Waals surface area contributed by atoms with E-state index < -0.39 is 41.8 Å². The Hall–Kier alpha value is -2.73. The maximum absolute atomic E-state index is 12.6. The van der Waals surface area contributed by atoms with Crippen LogP contribution in [0.4, 0.5) is 0 Å². The van der Waals surface area contributed by atoms with Gasteiger partial charge in [0.05, 0.1) is 19.1 Å². The summed E-state index contributed by atoms with van der Waals surface area (Å²) in [6.07, 6.45) is 4.14. The van der Waals surface area contributed by atoms with Crippen LogP contribution in [0, 0.1) is 0 Å². The summed E-state index contributed by atoms with van der Waals surface area (Å²) in [6, 6.07) is -2.24. The van der Waals surface area contributed by atoms with Gasteiger partial charge >= 0.3 is 5.97 Å². The predicted molar refractivity (Wildman–Crippen MR) is 114 cm³/mol. The van der Waals surface area contributed by atoms with Crippen LogP contribution >= 0.6 is 0 Å². The SMILES string of the molecule is NCCCCC(N)C(=O)N1CCCC1C(=O)NCC(=O)NCC(=O)N1CCCC1C(=O)O. The first-order chi connectivity index (χ1) is 15.3. The molecule has 7 N–H and O–H groups in total. The number of unbranched alkanes of at least 4 members (excludes halogenated alkanes) is 1. The molecule has 3 unspecified atom stereocenters. The van der Waals surface area contributed by atoms with Crippen molar-refractivity contribution in [1.82, 2.24) is 20.4 Å². The number of rotatable bonds is 11. The number of carbonyl (C=O) groups excluding carboxylic acids is 4. The number of likely N-dealkylation sites (tertiary alicyclic amines) is 2. The second-order valence-corrected chi connectivity index (χ2v) is 8.16. The summed E-state index contributed by atoms with van der Waals surface area (Å²) in [5.41, 5.74) is 11.4. The van der Waals surface area contributed by atoms with Crippen molar-refractivity contribution in [3.63, 3.8) is 0 Å². The van der Waals surface area contributed by atoms with Crippen molar-refractivity contribution in [3.05, 3.63) is 0 Å². The van der Waals surface area contributed by atoms with Crippen molar-refractivity contribution >= 4 is 29.6 Å². The Labute approximate surface area is 187 Å². The molecular weight excluding hydrogens is 420 g/mol. The van der Waals surface area contributed by atoms with Crippen molar-refractivity contribution in [2.75, 3.05) is 32.7 Å². The highest BCUT2D eigenvalue weighted by Gasteiger charge is 2.36. The van der Waals surface area contributed by atoms with E-state index in [0.717, 1.165) is 12.8 Å². The summed E-state index contributed by atoms with van der Waals surface area (Å²) in [6.45, 7) is 0.603. The largest absolute Gasteiger partial charge is 0.480 e. The predicted octanol–water partition coefficient (Wildman–Crippen LogP) is -2.26. The average molecular weight is 455 g/mol. The number of carboxylic acid groups (broad SMARTS) is 1. The van der Waals surface area contributed by atoms with Gasteiger partial charge in [0.15, 0.2) is 0 Å². The van der Waals surface area contributed by atoms with Crippen molar-refractivity contribution in [1.29, 1.82) is 0 Å². The van der Waals surface area contributed by atoms with E-state index in [-0.39, 0.29) is 19.0 Å². The first-order valence-electron chi connectivity index (χ1n) is 11.1. The topological polar surface area (TPSA) is 188 Å². The van der Waals surface area contributed by atoms with Gasteiger partial charge in [0.25, 0.3) is 0 Å². The lowest BCUT2D eigenvalue weighted by Crippen LogP contribution is -2.52. The molecule has 2 heterocycles. The van der Waals surface area contributed by atoms with E-state index in [1.54, 1.807) is 0 Å². The molecule has 0 saturated carbocycles. The van der Waals surface area contributed by atoms with E-state index >= 15 is 0 Å². The molecule has 12 heteroatoms. The second-order valence-electron chi connectivity index (χ2n) is 8.16. The highest BCUT2D eigenvalue weighted by molar-refractivity contribution is 5.93. The van der Waals surface area contributed by atoms with Crippen LogP contribution < -0.4 is 22.1 Å². The molecule has 0 spiro atoms. The second kappa shape index (κ2) is 12.3. The molecule has 2 aliphatic heterocycles. The van der Waals surface area contributed by atoms with E-state index in [0.29, 0.717) is 51.7 Å². The number of carbonyl (C=O) groups is 5. The Morgan fingerprint density at radius 2 is 1.59 bits per heavy atom. The molecule has 3 atom stereocenters. The van der Waals surface area contributed by atoms with E-state index in [1.807, 2.05) is 0 Å².